The largest absolute Gasteiger partial charge is 2.00 e. The van der Waals surface area contributed by atoms with Crippen molar-refractivity contribution in [1.29, 1.82) is 0 Å². The van der Waals surface area contributed by atoms with E-state index < -0.39 is 0 Å². The molecule has 0 aliphatic heterocycles. The van der Waals surface area contributed by atoms with Crippen molar-refractivity contribution < 1.29 is 2.85 Å². The third-order valence-corrected chi connectivity index (χ3v) is 0. The van der Waals surface area contributed by atoms with Crippen molar-refractivity contribution in [2.75, 3.05) is 4.43 Å². The van der Waals surface area contributed by atoms with E-state index in [2.05, 4.69) is 29.5 Å². The summed E-state index contributed by atoms with van der Waals surface area (Å²) in [5.41, 5.74) is 0. The summed E-state index contributed by atoms with van der Waals surface area (Å²) in [5.74, 6) is 0. The average molecular weight is 295 g/mol. The normalized spacial score (nSPS) is 4.50. The van der Waals surface area contributed by atoms with Crippen LogP contribution in [0.4, 0.5) is 0 Å². The Labute approximate surface area is 83.9 Å². The molecular weight excluding hydrogens is 288 g/mol. The molecule has 0 atom stereocenters. The minimum atomic E-state index is 0. The molecule has 0 amide bonds. The molecule has 0 unspecified atom stereocenters. The Morgan fingerprint density at radius 2 is 2.00 bits per heavy atom. The van der Waals surface area contributed by atoms with E-state index >= 15 is 0 Å². The Morgan fingerprint density at radius 3 is 2.00 bits per heavy atom. The van der Waals surface area contributed by atoms with Gasteiger partial charge in [-0.15, -0.1) is 0 Å². The molecule has 0 aromatic heterocycles. The molecule has 0 aromatic rings. The molecule has 0 aliphatic rings. The van der Waals surface area contributed by atoms with Crippen LogP contribution in [0, 0.1) is 0 Å². The molecule has 0 aromatic carbocycles. The van der Waals surface area contributed by atoms with Gasteiger partial charge in [0.15, 0.2) is 0 Å². The molecule has 0 heterocycles. The van der Waals surface area contributed by atoms with Crippen LogP contribution < -0.4 is 0 Å². The summed E-state index contributed by atoms with van der Waals surface area (Å²) >= 11 is 2.29. The van der Waals surface area contributed by atoms with Crippen molar-refractivity contribution in [1.82, 2.24) is 0 Å². The number of alkyl halides is 1. The van der Waals surface area contributed by atoms with Gasteiger partial charge in [-0.1, -0.05) is 29.5 Å². The minimum Gasteiger partial charge on any atom is -1.00 e. The first-order valence-electron chi connectivity index (χ1n) is 0.974. The first-order chi connectivity index (χ1) is 1.41. The van der Waals surface area contributed by atoms with E-state index in [-0.39, 0.29) is 51.7 Å². The van der Waals surface area contributed by atoms with Crippen LogP contribution in [0.15, 0.2) is 0 Å². The van der Waals surface area contributed by atoms with Crippen LogP contribution >= 0.6 is 22.6 Å². The van der Waals surface area contributed by atoms with Gasteiger partial charge in [0.2, 0.25) is 0 Å². The van der Waals surface area contributed by atoms with Crippen LogP contribution in [0.2, 0.25) is 0 Å². The fraction of sp³-hybridized carbons (Fsp3) is 1.00. The molecular formula is C2H7BaI. The fourth-order valence-corrected chi connectivity index (χ4v) is 0. The van der Waals surface area contributed by atoms with Crippen LogP contribution in [-0.2, 0) is 0 Å². The van der Waals surface area contributed by atoms with Gasteiger partial charge in [0.05, 0.1) is 0 Å². The predicted molar refractivity (Wildman–Crippen MR) is 32.5 cm³/mol. The molecule has 0 aliphatic carbocycles. The zero-order chi connectivity index (χ0) is 2.71. The van der Waals surface area contributed by atoms with Crippen LogP contribution in [0.25, 0.3) is 0 Å². The monoisotopic (exact) mass is 296 g/mol. The van der Waals surface area contributed by atoms with Gasteiger partial charge in [0.25, 0.3) is 0 Å². The first-order valence-corrected chi connectivity index (χ1v) is 2.50. The smallest absolute Gasteiger partial charge is 1.00 e. The topological polar surface area (TPSA) is 0 Å². The van der Waals surface area contributed by atoms with Crippen LogP contribution in [0.1, 0.15) is 9.78 Å². The molecule has 0 saturated carbocycles. The number of rotatable bonds is 0. The minimum absolute atomic E-state index is 0. The van der Waals surface area contributed by atoms with Crippen molar-refractivity contribution in [2.45, 2.75) is 6.92 Å². The maximum Gasteiger partial charge on any atom is 2.00 e. The van der Waals surface area contributed by atoms with E-state index in [0.29, 0.717) is 0 Å². The molecule has 24 valence electrons. The van der Waals surface area contributed by atoms with E-state index in [4.69, 9.17) is 0 Å². The van der Waals surface area contributed by atoms with Crippen molar-refractivity contribution >= 4 is 71.5 Å². The summed E-state index contributed by atoms with van der Waals surface area (Å²) in [6.45, 7) is 2.11. The summed E-state index contributed by atoms with van der Waals surface area (Å²) in [7, 11) is 0. The third-order valence-electron chi connectivity index (χ3n) is 0. The van der Waals surface area contributed by atoms with Gasteiger partial charge in [-0.05, 0) is 4.43 Å². The maximum atomic E-state index is 2.29. The van der Waals surface area contributed by atoms with Gasteiger partial charge in [-0.25, -0.2) is 0 Å². The van der Waals surface area contributed by atoms with Crippen molar-refractivity contribution in [3.05, 3.63) is 0 Å². The van der Waals surface area contributed by atoms with Gasteiger partial charge in [-0.2, -0.15) is 0 Å². The average Bonchev–Trinajstić information content (AvgIpc) is 0.918. The van der Waals surface area contributed by atoms with Gasteiger partial charge in [0.1, 0.15) is 0 Å². The molecule has 0 bridgehead atoms. The van der Waals surface area contributed by atoms with E-state index in [1.165, 1.54) is 4.43 Å². The Bertz CT molecular complexity index is 11.5. The number of halogens is 1. The van der Waals surface area contributed by atoms with Crippen LogP contribution in [0.5, 0.6) is 0 Å². The summed E-state index contributed by atoms with van der Waals surface area (Å²) in [6.07, 6.45) is 0. The molecule has 0 rings (SSSR count). The number of hydrogen-bond donors (Lipinski definition) is 0. The molecule has 0 saturated heterocycles. The van der Waals surface area contributed by atoms with Crippen LogP contribution in [-0.4, -0.2) is 53.3 Å². The summed E-state index contributed by atoms with van der Waals surface area (Å²) in [4.78, 5) is 0. The van der Waals surface area contributed by atoms with Gasteiger partial charge < -0.3 is 2.85 Å². The van der Waals surface area contributed by atoms with Crippen molar-refractivity contribution in [3.63, 3.8) is 0 Å². The number of hydrogen-bond acceptors (Lipinski definition) is 0. The second-order valence-electron chi connectivity index (χ2n) is 0.267. The maximum absolute atomic E-state index is 2.29. The predicted octanol–water partition coefficient (Wildman–Crippen LogP) is 1.29. The molecule has 4 heavy (non-hydrogen) atoms. The Hall–Kier alpha value is 2.30. The Kier molecular flexibility index (Phi) is 21.5. The zero-order valence-electron chi connectivity index (χ0n) is 4.79. The fourth-order valence-electron chi connectivity index (χ4n) is 0. The van der Waals surface area contributed by atoms with Crippen molar-refractivity contribution in [2.24, 2.45) is 0 Å². The molecule has 0 nitrogen and oxygen atoms in total. The molecule has 0 N–H and O–H groups in total. The summed E-state index contributed by atoms with van der Waals surface area (Å²) in [6, 6.07) is 0. The third kappa shape index (κ3) is 8.85. The summed E-state index contributed by atoms with van der Waals surface area (Å²) in [5, 5.41) is 0. The van der Waals surface area contributed by atoms with Crippen LogP contribution in [0.3, 0.4) is 0 Å². The van der Waals surface area contributed by atoms with E-state index in [1.54, 1.807) is 0 Å². The van der Waals surface area contributed by atoms with Gasteiger partial charge in [0, 0.05) is 0 Å². The van der Waals surface area contributed by atoms with E-state index in [0.717, 1.165) is 0 Å². The zero-order valence-corrected chi connectivity index (χ0v) is 9.39. The molecule has 0 fully saturated rings. The van der Waals surface area contributed by atoms with Crippen molar-refractivity contribution in [3.8, 4) is 0 Å². The Balaban J connectivity index is -0.00000000667. The summed E-state index contributed by atoms with van der Waals surface area (Å²) < 4.78 is 1.22. The second-order valence-corrected chi connectivity index (χ2v) is 1.79. The second kappa shape index (κ2) is 9.00. The first kappa shape index (κ1) is 9.57. The molecule has 0 spiro atoms. The standard InChI is InChI=1S/C2H5I.Ba.2H/c1-2-3;;;/h2H2,1H3;;;/q;+2;2*-1. The Morgan fingerprint density at radius 1 is 2.00 bits per heavy atom. The SMILES string of the molecule is CCI.[Ba+2].[H-].[H-]. The van der Waals surface area contributed by atoms with Gasteiger partial charge >= 0.3 is 48.9 Å². The van der Waals surface area contributed by atoms with E-state index in [9.17, 15) is 0 Å². The molecule has 2 heteroatoms. The van der Waals surface area contributed by atoms with Gasteiger partial charge in [-0.3, -0.25) is 0 Å². The van der Waals surface area contributed by atoms with E-state index in [1.807, 2.05) is 0 Å². The molecule has 0 radical (unpaired) electrons. The quantitative estimate of drug-likeness (QED) is 0.359.